The summed E-state index contributed by atoms with van der Waals surface area (Å²) in [6.07, 6.45) is 5.51. The van der Waals surface area contributed by atoms with Gasteiger partial charge in [-0.1, -0.05) is 0 Å². The van der Waals surface area contributed by atoms with Gasteiger partial charge in [-0.2, -0.15) is 0 Å². The molecule has 0 saturated carbocycles. The van der Waals surface area contributed by atoms with Crippen LogP contribution in [0.5, 0.6) is 0 Å². The number of halogens is 2. The van der Waals surface area contributed by atoms with Crippen LogP contribution in [0.3, 0.4) is 0 Å². The number of aromatic nitrogens is 2. The van der Waals surface area contributed by atoms with Crippen molar-refractivity contribution in [2.75, 3.05) is 0 Å². The van der Waals surface area contributed by atoms with Gasteiger partial charge in [-0.05, 0) is 18.2 Å². The maximum Gasteiger partial charge on any atom is 0.159 e. The molecule has 1 aromatic heterocycles. The molecule has 0 bridgehead atoms. The van der Waals surface area contributed by atoms with Crippen LogP contribution in [-0.4, -0.2) is 9.97 Å². The third kappa shape index (κ3) is 1.59. The van der Waals surface area contributed by atoms with Gasteiger partial charge in [0.2, 0.25) is 0 Å². The quantitative estimate of drug-likeness (QED) is 0.690. The van der Waals surface area contributed by atoms with Crippen molar-refractivity contribution in [1.29, 1.82) is 0 Å². The topological polar surface area (TPSA) is 25.8 Å². The lowest BCUT2D eigenvalue weighted by Crippen LogP contribution is -1.88. The Kier molecular flexibility index (Phi) is 2.18. The third-order valence-corrected chi connectivity index (χ3v) is 1.71. The average molecular weight is 191 g/mol. The molecule has 14 heavy (non-hydrogen) atoms. The zero-order valence-corrected chi connectivity index (χ0v) is 7.04. The monoisotopic (exact) mass is 191 g/mol. The minimum absolute atomic E-state index is 0.395. The summed E-state index contributed by atoms with van der Waals surface area (Å²) in [5.41, 5.74) is 0.850. The van der Waals surface area contributed by atoms with E-state index in [1.807, 2.05) is 0 Å². The minimum Gasteiger partial charge on any atom is -0.252 e. The fraction of sp³-hybridized carbons (Fsp3) is 0. The van der Waals surface area contributed by atoms with E-state index in [4.69, 9.17) is 0 Å². The lowest BCUT2D eigenvalue weighted by Gasteiger charge is -1.99. The molecular formula is C10H5F2N2. The van der Waals surface area contributed by atoms with Gasteiger partial charge in [-0.15, -0.1) is 0 Å². The fourth-order valence-corrected chi connectivity index (χ4v) is 1.05. The zero-order chi connectivity index (χ0) is 9.97. The largest absolute Gasteiger partial charge is 0.252 e. The summed E-state index contributed by atoms with van der Waals surface area (Å²) in [6.45, 7) is 0. The van der Waals surface area contributed by atoms with E-state index in [0.717, 1.165) is 12.1 Å². The second-order valence-corrected chi connectivity index (χ2v) is 2.65. The van der Waals surface area contributed by atoms with Crippen LogP contribution >= 0.6 is 0 Å². The molecule has 1 heterocycles. The number of rotatable bonds is 1. The Morgan fingerprint density at radius 1 is 1.07 bits per heavy atom. The normalized spacial score (nSPS) is 10.1. The van der Waals surface area contributed by atoms with Crippen LogP contribution in [0.4, 0.5) is 8.78 Å². The molecule has 69 valence electrons. The second-order valence-electron chi connectivity index (χ2n) is 2.65. The van der Waals surface area contributed by atoms with Gasteiger partial charge < -0.3 is 0 Å². The first kappa shape index (κ1) is 8.74. The molecular weight excluding hydrogens is 186 g/mol. The summed E-state index contributed by atoms with van der Waals surface area (Å²) in [7, 11) is 0. The summed E-state index contributed by atoms with van der Waals surface area (Å²) in [6, 6.07) is 3.54. The Bertz CT molecular complexity index is 443. The first-order valence-corrected chi connectivity index (χ1v) is 3.91. The molecule has 0 aliphatic heterocycles. The lowest BCUT2D eigenvalue weighted by atomic mass is 10.1. The molecule has 0 unspecified atom stereocenters. The molecule has 0 N–H and O–H groups in total. The van der Waals surface area contributed by atoms with Crippen molar-refractivity contribution in [3.05, 3.63) is 48.4 Å². The van der Waals surface area contributed by atoms with Gasteiger partial charge in [-0.25, -0.2) is 8.78 Å². The third-order valence-electron chi connectivity index (χ3n) is 1.71. The molecule has 0 fully saturated rings. The van der Waals surface area contributed by atoms with E-state index in [0.29, 0.717) is 11.3 Å². The summed E-state index contributed by atoms with van der Waals surface area (Å²) >= 11 is 0. The summed E-state index contributed by atoms with van der Waals surface area (Å²) in [4.78, 5) is 7.62. The van der Waals surface area contributed by atoms with Gasteiger partial charge in [-0.3, -0.25) is 9.97 Å². The van der Waals surface area contributed by atoms with Crippen LogP contribution in [0.2, 0.25) is 0 Å². The standard InChI is InChI=1S/C10H5F2N2/c11-8-2-1-7(5-9(8)12)10-6-13-3-4-14-10/h1-5H. The Morgan fingerprint density at radius 3 is 2.57 bits per heavy atom. The van der Waals surface area contributed by atoms with Crippen LogP contribution in [-0.2, 0) is 0 Å². The molecule has 1 radical (unpaired) electrons. The van der Waals surface area contributed by atoms with Crippen LogP contribution < -0.4 is 0 Å². The lowest BCUT2D eigenvalue weighted by molar-refractivity contribution is 0.509. The van der Waals surface area contributed by atoms with Crippen molar-refractivity contribution in [3.8, 4) is 11.3 Å². The molecule has 0 spiro atoms. The highest BCUT2D eigenvalue weighted by Crippen LogP contribution is 2.17. The van der Waals surface area contributed by atoms with Crippen molar-refractivity contribution >= 4 is 0 Å². The van der Waals surface area contributed by atoms with Crippen LogP contribution in [0, 0.1) is 17.8 Å². The highest BCUT2D eigenvalue weighted by molar-refractivity contribution is 5.57. The maximum atomic E-state index is 12.8. The number of benzene rings is 1. The predicted molar refractivity (Wildman–Crippen MR) is 46.2 cm³/mol. The van der Waals surface area contributed by atoms with E-state index in [1.54, 1.807) is 0 Å². The summed E-state index contributed by atoms with van der Waals surface area (Å²) in [5, 5.41) is 0. The predicted octanol–water partition coefficient (Wildman–Crippen LogP) is 2.22. The van der Waals surface area contributed by atoms with Gasteiger partial charge >= 0.3 is 0 Å². The molecule has 0 atom stereocenters. The van der Waals surface area contributed by atoms with Gasteiger partial charge in [0.25, 0.3) is 0 Å². The Labute approximate surface area is 79.3 Å². The van der Waals surface area contributed by atoms with Crippen molar-refractivity contribution in [1.82, 2.24) is 9.97 Å². The van der Waals surface area contributed by atoms with E-state index >= 15 is 0 Å². The Hall–Kier alpha value is -1.84. The number of hydrogen-bond donors (Lipinski definition) is 0. The number of nitrogens with zero attached hydrogens (tertiary/aromatic N) is 2. The Morgan fingerprint density at radius 2 is 1.93 bits per heavy atom. The minimum atomic E-state index is -0.901. The zero-order valence-electron chi connectivity index (χ0n) is 7.04. The summed E-state index contributed by atoms with van der Waals surface area (Å²) in [5.74, 6) is -1.78. The van der Waals surface area contributed by atoms with Crippen LogP contribution in [0.15, 0.2) is 30.6 Å². The van der Waals surface area contributed by atoms with Gasteiger partial charge in [0.15, 0.2) is 11.6 Å². The molecule has 0 saturated heterocycles. The first-order chi connectivity index (χ1) is 6.77. The van der Waals surface area contributed by atoms with Gasteiger partial charge in [0.05, 0.1) is 5.69 Å². The van der Waals surface area contributed by atoms with Crippen molar-refractivity contribution in [2.24, 2.45) is 0 Å². The molecule has 0 amide bonds. The SMILES string of the molecule is Fc1ccc(-c2[c]nccn2)cc1F. The Balaban J connectivity index is 2.48. The highest BCUT2D eigenvalue weighted by atomic mass is 19.2. The van der Waals surface area contributed by atoms with Crippen LogP contribution in [0.25, 0.3) is 11.3 Å². The van der Waals surface area contributed by atoms with Gasteiger partial charge in [0, 0.05) is 18.0 Å². The number of hydrogen-bond acceptors (Lipinski definition) is 2. The summed E-state index contributed by atoms with van der Waals surface area (Å²) < 4.78 is 25.4. The fourth-order valence-electron chi connectivity index (χ4n) is 1.05. The van der Waals surface area contributed by atoms with E-state index < -0.39 is 11.6 Å². The molecule has 0 aliphatic carbocycles. The molecule has 0 aliphatic rings. The smallest absolute Gasteiger partial charge is 0.159 e. The van der Waals surface area contributed by atoms with E-state index in [2.05, 4.69) is 16.2 Å². The van der Waals surface area contributed by atoms with Crippen LogP contribution in [0.1, 0.15) is 0 Å². The van der Waals surface area contributed by atoms with E-state index in [-0.39, 0.29) is 0 Å². The van der Waals surface area contributed by atoms with Crippen molar-refractivity contribution in [2.45, 2.75) is 0 Å². The molecule has 4 heteroatoms. The highest BCUT2D eigenvalue weighted by Gasteiger charge is 2.04. The molecule has 1 aromatic carbocycles. The van der Waals surface area contributed by atoms with Gasteiger partial charge in [0.1, 0.15) is 6.20 Å². The second kappa shape index (κ2) is 3.49. The maximum absolute atomic E-state index is 12.8. The first-order valence-electron chi connectivity index (χ1n) is 3.91. The molecule has 2 aromatic rings. The molecule has 2 nitrogen and oxygen atoms in total. The van der Waals surface area contributed by atoms with Crippen molar-refractivity contribution < 1.29 is 8.78 Å². The average Bonchev–Trinajstić information content (AvgIpc) is 2.23. The van der Waals surface area contributed by atoms with Crippen molar-refractivity contribution in [3.63, 3.8) is 0 Å². The molecule has 2 rings (SSSR count). The van der Waals surface area contributed by atoms with E-state index in [9.17, 15) is 8.78 Å². The van der Waals surface area contributed by atoms with E-state index in [1.165, 1.54) is 18.5 Å².